The quantitative estimate of drug-likeness (QED) is 0.796. The number of aromatic nitrogens is 1. The fourth-order valence-corrected chi connectivity index (χ4v) is 3.11. The lowest BCUT2D eigenvalue weighted by molar-refractivity contribution is -0.192. The highest BCUT2D eigenvalue weighted by molar-refractivity contribution is 5.76. The molecule has 0 bridgehead atoms. The van der Waals surface area contributed by atoms with Crippen LogP contribution in [0.3, 0.4) is 0 Å². The molecule has 1 aliphatic rings. The third kappa shape index (κ3) is 6.84. The van der Waals surface area contributed by atoms with Crippen LogP contribution in [0.1, 0.15) is 28.7 Å². The van der Waals surface area contributed by atoms with Gasteiger partial charge < -0.3 is 14.7 Å². The van der Waals surface area contributed by atoms with Crippen molar-refractivity contribution in [2.75, 3.05) is 13.7 Å². The molecule has 162 valence electrons. The monoisotopic (exact) mass is 424 g/mol. The van der Waals surface area contributed by atoms with Crippen LogP contribution in [0.2, 0.25) is 0 Å². The van der Waals surface area contributed by atoms with Crippen LogP contribution in [0, 0.1) is 0 Å². The zero-order chi connectivity index (χ0) is 22.1. The van der Waals surface area contributed by atoms with Crippen molar-refractivity contribution in [2.45, 2.75) is 38.6 Å². The Labute approximate surface area is 172 Å². The summed E-state index contributed by atoms with van der Waals surface area (Å²) in [5.41, 5.74) is 4.80. The average Bonchev–Trinajstić information content (AvgIpc) is 2.72. The molecule has 2 aromatic rings. The highest BCUT2D eigenvalue weighted by atomic mass is 19.4. The summed E-state index contributed by atoms with van der Waals surface area (Å²) in [5, 5.41) is 7.12. The molecule has 0 radical (unpaired) electrons. The molecule has 1 aromatic heterocycles. The van der Waals surface area contributed by atoms with Crippen molar-refractivity contribution in [1.29, 1.82) is 0 Å². The lowest BCUT2D eigenvalue weighted by atomic mass is 9.97. The number of rotatable bonds is 5. The van der Waals surface area contributed by atoms with Gasteiger partial charge in [0.05, 0.1) is 6.61 Å². The Bertz CT molecular complexity index is 857. The molecule has 3 rings (SSSR count). The van der Waals surface area contributed by atoms with E-state index in [9.17, 15) is 18.0 Å². The van der Waals surface area contributed by atoms with Crippen LogP contribution in [0.4, 0.5) is 13.2 Å². The van der Waals surface area contributed by atoms with E-state index in [2.05, 4.69) is 17.1 Å². The third-order valence-corrected chi connectivity index (χ3v) is 4.59. The molecule has 6 nitrogen and oxygen atoms in total. The number of ether oxygens (including phenoxy) is 1. The predicted octanol–water partition coefficient (Wildman–Crippen LogP) is 3.38. The summed E-state index contributed by atoms with van der Waals surface area (Å²) < 4.78 is 37.0. The van der Waals surface area contributed by atoms with E-state index in [4.69, 9.17) is 14.6 Å². The predicted molar refractivity (Wildman–Crippen MR) is 103 cm³/mol. The number of methoxy groups -OCH3 is 1. The Morgan fingerprint density at radius 1 is 1.20 bits per heavy atom. The number of alkyl halides is 3. The van der Waals surface area contributed by atoms with Crippen molar-refractivity contribution in [3.05, 3.63) is 65.0 Å². The smallest absolute Gasteiger partial charge is 0.475 e. The number of halogens is 3. The second-order valence-corrected chi connectivity index (χ2v) is 6.72. The number of carboxylic acid groups (broad SMARTS) is 1. The number of benzene rings is 1. The van der Waals surface area contributed by atoms with Crippen molar-refractivity contribution in [1.82, 2.24) is 9.88 Å². The van der Waals surface area contributed by atoms with Crippen LogP contribution < -0.4 is 0 Å². The number of aryl methyl sites for hydroxylation is 1. The number of carbonyl (C=O) groups excluding carboxylic acids is 1. The van der Waals surface area contributed by atoms with Gasteiger partial charge in [-0.3, -0.25) is 9.78 Å². The van der Waals surface area contributed by atoms with E-state index in [0.717, 1.165) is 30.5 Å². The molecule has 30 heavy (non-hydrogen) atoms. The van der Waals surface area contributed by atoms with Gasteiger partial charge in [-0.15, -0.1) is 0 Å². The average molecular weight is 424 g/mol. The summed E-state index contributed by atoms with van der Waals surface area (Å²) in [6.07, 6.45) is 0.906. The van der Waals surface area contributed by atoms with E-state index >= 15 is 0 Å². The number of hydrogen-bond acceptors (Lipinski definition) is 4. The summed E-state index contributed by atoms with van der Waals surface area (Å²) in [6, 6.07) is 10.2. The van der Waals surface area contributed by atoms with Gasteiger partial charge in [-0.05, 0) is 35.1 Å². The zero-order valence-corrected chi connectivity index (χ0v) is 16.5. The number of nitrogens with zero attached hydrogens (tertiary/aromatic N) is 2. The Morgan fingerprint density at radius 3 is 2.47 bits per heavy atom. The molecule has 2 heterocycles. The molecule has 0 saturated heterocycles. The van der Waals surface area contributed by atoms with Crippen LogP contribution in [-0.2, 0) is 40.3 Å². The molecule has 1 aliphatic heterocycles. The van der Waals surface area contributed by atoms with Gasteiger partial charge in [0.2, 0.25) is 5.91 Å². The minimum Gasteiger partial charge on any atom is -0.475 e. The fourth-order valence-electron chi connectivity index (χ4n) is 3.11. The summed E-state index contributed by atoms with van der Waals surface area (Å²) in [5.74, 6) is -2.54. The van der Waals surface area contributed by atoms with Crippen LogP contribution >= 0.6 is 0 Å². The van der Waals surface area contributed by atoms with Gasteiger partial charge in [-0.25, -0.2) is 4.79 Å². The minimum absolute atomic E-state index is 0.219. The SMILES string of the molecule is COCc1cncc2c1CCN(C(=O)CCc1ccccc1)C2.O=C(O)C(F)(F)F. The summed E-state index contributed by atoms with van der Waals surface area (Å²) >= 11 is 0. The Hall–Kier alpha value is -2.94. The zero-order valence-electron chi connectivity index (χ0n) is 16.5. The Balaban J connectivity index is 0.000000396. The minimum atomic E-state index is -5.08. The first-order chi connectivity index (χ1) is 14.2. The van der Waals surface area contributed by atoms with Gasteiger partial charge in [-0.2, -0.15) is 13.2 Å². The van der Waals surface area contributed by atoms with Crippen LogP contribution in [0.25, 0.3) is 0 Å². The second-order valence-electron chi connectivity index (χ2n) is 6.72. The molecule has 0 spiro atoms. The molecule has 9 heteroatoms. The maximum atomic E-state index is 12.5. The molecule has 1 aromatic carbocycles. The van der Waals surface area contributed by atoms with E-state index < -0.39 is 12.1 Å². The summed E-state index contributed by atoms with van der Waals surface area (Å²) in [7, 11) is 1.70. The van der Waals surface area contributed by atoms with Gasteiger partial charge in [0.15, 0.2) is 0 Å². The number of carboxylic acids is 1. The van der Waals surface area contributed by atoms with E-state index in [1.54, 1.807) is 7.11 Å². The maximum absolute atomic E-state index is 12.5. The van der Waals surface area contributed by atoms with Gasteiger partial charge in [0, 0.05) is 39.0 Å². The number of pyridine rings is 1. The number of hydrogen-bond donors (Lipinski definition) is 1. The van der Waals surface area contributed by atoms with E-state index in [1.807, 2.05) is 35.5 Å². The highest BCUT2D eigenvalue weighted by Crippen LogP contribution is 2.23. The second kappa shape index (κ2) is 10.7. The number of amides is 1. The van der Waals surface area contributed by atoms with E-state index in [-0.39, 0.29) is 5.91 Å². The van der Waals surface area contributed by atoms with Gasteiger partial charge in [-0.1, -0.05) is 30.3 Å². The molecular formula is C21H23F3N2O4. The molecular weight excluding hydrogens is 401 g/mol. The van der Waals surface area contributed by atoms with Crippen molar-refractivity contribution in [3.8, 4) is 0 Å². The summed E-state index contributed by atoms with van der Waals surface area (Å²) in [6.45, 7) is 2.02. The van der Waals surface area contributed by atoms with Crippen LogP contribution in [0.5, 0.6) is 0 Å². The maximum Gasteiger partial charge on any atom is 0.490 e. The molecule has 0 atom stereocenters. The van der Waals surface area contributed by atoms with E-state index in [1.165, 1.54) is 11.1 Å². The topological polar surface area (TPSA) is 79.7 Å². The number of fused-ring (bicyclic) bond motifs is 1. The van der Waals surface area contributed by atoms with Gasteiger partial charge >= 0.3 is 12.1 Å². The standard InChI is InChI=1S/C19H22N2O2.C2HF3O2/c1-23-14-17-12-20-11-16-13-21(10-9-18(16)17)19(22)8-7-15-5-3-2-4-6-15;3-2(4,5)1(6)7/h2-6,11-12H,7-10,13-14H2,1H3;(H,6,7). The van der Waals surface area contributed by atoms with Gasteiger partial charge in [0.25, 0.3) is 0 Å². The lowest BCUT2D eigenvalue weighted by Gasteiger charge is -2.30. The molecule has 0 aliphatic carbocycles. The first-order valence-electron chi connectivity index (χ1n) is 9.27. The highest BCUT2D eigenvalue weighted by Gasteiger charge is 2.38. The van der Waals surface area contributed by atoms with Crippen molar-refractivity contribution in [3.63, 3.8) is 0 Å². The summed E-state index contributed by atoms with van der Waals surface area (Å²) in [4.78, 5) is 27.6. The number of aliphatic carboxylic acids is 1. The molecule has 1 N–H and O–H groups in total. The number of carbonyl (C=O) groups is 2. The van der Waals surface area contributed by atoms with Gasteiger partial charge in [0.1, 0.15) is 0 Å². The van der Waals surface area contributed by atoms with Crippen molar-refractivity contribution >= 4 is 11.9 Å². The van der Waals surface area contributed by atoms with Crippen LogP contribution in [0.15, 0.2) is 42.7 Å². The molecule has 1 amide bonds. The van der Waals surface area contributed by atoms with Crippen molar-refractivity contribution in [2.24, 2.45) is 0 Å². The molecule has 0 saturated carbocycles. The van der Waals surface area contributed by atoms with Crippen molar-refractivity contribution < 1.29 is 32.6 Å². The fraction of sp³-hybridized carbons (Fsp3) is 0.381. The largest absolute Gasteiger partial charge is 0.490 e. The third-order valence-electron chi connectivity index (χ3n) is 4.59. The first kappa shape index (κ1) is 23.3. The van der Waals surface area contributed by atoms with Crippen LogP contribution in [-0.4, -0.2) is 46.7 Å². The molecule has 0 fully saturated rings. The Kier molecular flexibility index (Phi) is 8.35. The first-order valence-corrected chi connectivity index (χ1v) is 9.27. The lowest BCUT2D eigenvalue weighted by Crippen LogP contribution is -2.36. The van der Waals surface area contributed by atoms with E-state index in [0.29, 0.717) is 19.6 Å². The normalized spacial score (nSPS) is 13.1. The Morgan fingerprint density at radius 2 is 1.87 bits per heavy atom. The molecule has 0 unspecified atom stereocenters.